The molecular formula is C24H48N8. The number of aryl methyl sites for hydroxylation is 1. The zero-order valence-electron chi connectivity index (χ0n) is 21.3. The number of hydrogen-bond donors (Lipinski definition) is 5. The largest absolute Gasteiger partial charge is 0.399 e. The number of hydrazone groups is 1. The van der Waals surface area contributed by atoms with Crippen LogP contribution in [0.2, 0.25) is 0 Å². The molecule has 0 aromatic heterocycles. The minimum Gasteiger partial charge on any atom is -0.399 e. The van der Waals surface area contributed by atoms with Crippen LogP contribution < -0.4 is 27.5 Å². The fraction of sp³-hybridized carbons (Fsp3) is 0.708. The van der Waals surface area contributed by atoms with Crippen LogP contribution in [0.15, 0.2) is 17.2 Å². The summed E-state index contributed by atoms with van der Waals surface area (Å²) >= 11 is 0. The zero-order chi connectivity index (χ0) is 23.9. The molecule has 0 aliphatic heterocycles. The standard InChI is InChI=1S/C24H48N8/c1-7-11-21(9-3)31(6)15-12-22-19(5)17-20(26)18-23(22)29-32(16-13-25)30-24(27-10-4)28-14-8-2/h17-18,21,29H,7-16,25-26H2,1-6H3,(H2,27,28,30). The van der Waals surface area contributed by atoms with Crippen LogP contribution in [-0.2, 0) is 6.42 Å². The number of nitrogens with two attached hydrogens (primary N) is 2. The van der Waals surface area contributed by atoms with E-state index < -0.39 is 0 Å². The van der Waals surface area contributed by atoms with E-state index in [1.54, 1.807) is 5.12 Å². The smallest absolute Gasteiger partial charge is 0.215 e. The van der Waals surface area contributed by atoms with E-state index in [-0.39, 0.29) is 0 Å². The number of hydrogen-bond acceptors (Lipinski definition) is 6. The third-order valence-electron chi connectivity index (χ3n) is 5.62. The molecule has 0 saturated heterocycles. The van der Waals surface area contributed by atoms with Gasteiger partial charge in [-0.2, -0.15) is 0 Å². The number of nitrogens with one attached hydrogen (secondary N) is 3. The van der Waals surface area contributed by atoms with Crippen molar-refractivity contribution < 1.29 is 0 Å². The molecule has 0 radical (unpaired) electrons. The Balaban J connectivity index is 3.10. The monoisotopic (exact) mass is 448 g/mol. The van der Waals surface area contributed by atoms with Gasteiger partial charge in [0.25, 0.3) is 0 Å². The van der Waals surface area contributed by atoms with Crippen molar-refractivity contribution in [1.29, 1.82) is 0 Å². The molecule has 1 rings (SSSR count). The van der Waals surface area contributed by atoms with Gasteiger partial charge in [-0.05, 0) is 69.8 Å². The molecule has 0 heterocycles. The van der Waals surface area contributed by atoms with Gasteiger partial charge in [-0.25, -0.2) is 5.12 Å². The van der Waals surface area contributed by atoms with Crippen LogP contribution in [-0.4, -0.2) is 61.8 Å². The Kier molecular flexibility index (Phi) is 13.6. The van der Waals surface area contributed by atoms with Crippen LogP contribution in [0.5, 0.6) is 0 Å². The molecule has 184 valence electrons. The first-order valence-corrected chi connectivity index (χ1v) is 12.3. The summed E-state index contributed by atoms with van der Waals surface area (Å²) in [6, 6.07) is 4.67. The van der Waals surface area contributed by atoms with Gasteiger partial charge in [0.15, 0.2) is 0 Å². The molecule has 0 fully saturated rings. The minimum atomic E-state index is 0.484. The highest BCUT2D eigenvalue weighted by atomic mass is 15.7. The highest BCUT2D eigenvalue weighted by Crippen LogP contribution is 2.25. The molecule has 8 nitrogen and oxygen atoms in total. The van der Waals surface area contributed by atoms with Crippen LogP contribution in [0, 0.1) is 6.92 Å². The van der Waals surface area contributed by atoms with E-state index in [1.165, 1.54) is 30.4 Å². The molecular weight excluding hydrogens is 400 g/mol. The summed E-state index contributed by atoms with van der Waals surface area (Å²) in [7, 11) is 2.23. The number of rotatable bonds is 15. The van der Waals surface area contributed by atoms with Crippen LogP contribution in [0.3, 0.4) is 0 Å². The Labute approximate surface area is 196 Å². The topological polar surface area (TPSA) is 107 Å². The van der Waals surface area contributed by atoms with Crippen molar-refractivity contribution in [3.63, 3.8) is 0 Å². The Hall–Kier alpha value is -2.19. The number of hydrazine groups is 1. The molecule has 1 aromatic carbocycles. The van der Waals surface area contributed by atoms with Crippen LogP contribution in [0.1, 0.15) is 64.5 Å². The molecule has 1 unspecified atom stereocenters. The molecule has 0 bridgehead atoms. The summed E-state index contributed by atoms with van der Waals surface area (Å²) in [6.45, 7) is 14.5. The summed E-state index contributed by atoms with van der Waals surface area (Å²) < 4.78 is 0. The van der Waals surface area contributed by atoms with Crippen LogP contribution in [0.25, 0.3) is 0 Å². The number of anilines is 2. The van der Waals surface area contributed by atoms with Crippen molar-refractivity contribution in [3.8, 4) is 0 Å². The molecule has 0 amide bonds. The number of guanidine groups is 1. The summed E-state index contributed by atoms with van der Waals surface area (Å²) in [6.07, 6.45) is 5.59. The Morgan fingerprint density at radius 1 is 1.09 bits per heavy atom. The third kappa shape index (κ3) is 9.53. The molecule has 0 saturated carbocycles. The lowest BCUT2D eigenvalue weighted by Gasteiger charge is -2.28. The predicted molar refractivity (Wildman–Crippen MR) is 140 cm³/mol. The predicted octanol–water partition coefficient (Wildman–Crippen LogP) is 3.10. The molecule has 1 atom stereocenters. The van der Waals surface area contributed by atoms with Crippen molar-refractivity contribution >= 4 is 17.3 Å². The molecule has 8 heteroatoms. The normalized spacial score (nSPS) is 12.7. The first-order valence-electron chi connectivity index (χ1n) is 12.3. The lowest BCUT2D eigenvalue weighted by atomic mass is 10.0. The van der Waals surface area contributed by atoms with E-state index in [2.05, 4.69) is 62.6 Å². The Bertz CT molecular complexity index is 676. The van der Waals surface area contributed by atoms with Gasteiger partial charge in [0.2, 0.25) is 5.96 Å². The minimum absolute atomic E-state index is 0.484. The average Bonchev–Trinajstić information content (AvgIpc) is 2.75. The maximum Gasteiger partial charge on any atom is 0.215 e. The molecule has 7 N–H and O–H groups in total. The lowest BCUT2D eigenvalue weighted by Crippen LogP contribution is -2.42. The van der Waals surface area contributed by atoms with E-state index in [0.29, 0.717) is 19.1 Å². The van der Waals surface area contributed by atoms with Gasteiger partial charge < -0.3 is 27.0 Å². The van der Waals surface area contributed by atoms with Gasteiger partial charge in [0, 0.05) is 37.9 Å². The molecule has 0 aliphatic rings. The van der Waals surface area contributed by atoms with E-state index in [4.69, 9.17) is 16.6 Å². The Morgan fingerprint density at radius 3 is 2.44 bits per heavy atom. The van der Waals surface area contributed by atoms with Crippen molar-refractivity contribution in [1.82, 2.24) is 20.7 Å². The molecule has 1 aromatic rings. The van der Waals surface area contributed by atoms with Gasteiger partial charge in [0.05, 0.1) is 12.2 Å². The van der Waals surface area contributed by atoms with E-state index in [9.17, 15) is 0 Å². The average molecular weight is 449 g/mol. The second kappa shape index (κ2) is 15.6. The molecule has 0 spiro atoms. The summed E-state index contributed by atoms with van der Waals surface area (Å²) in [5.41, 5.74) is 19.8. The second-order valence-electron chi connectivity index (χ2n) is 8.37. The third-order valence-corrected chi connectivity index (χ3v) is 5.62. The quantitative estimate of drug-likeness (QED) is 0.121. The molecule has 32 heavy (non-hydrogen) atoms. The van der Waals surface area contributed by atoms with Crippen molar-refractivity contribution in [2.45, 2.75) is 72.8 Å². The van der Waals surface area contributed by atoms with Crippen LogP contribution >= 0.6 is 0 Å². The SMILES string of the molecule is CCCN/C(=N/N(CCN)Nc1cc(N)cc(C)c1CCN(C)C(CC)CCC)NCC. The van der Waals surface area contributed by atoms with Crippen molar-refractivity contribution in [2.24, 2.45) is 10.8 Å². The van der Waals surface area contributed by atoms with Gasteiger partial charge in [-0.3, -0.25) is 5.43 Å². The fourth-order valence-electron chi connectivity index (χ4n) is 3.87. The van der Waals surface area contributed by atoms with E-state index >= 15 is 0 Å². The van der Waals surface area contributed by atoms with E-state index in [1.807, 2.05) is 12.1 Å². The van der Waals surface area contributed by atoms with Crippen molar-refractivity contribution in [3.05, 3.63) is 23.3 Å². The zero-order valence-corrected chi connectivity index (χ0v) is 21.3. The van der Waals surface area contributed by atoms with Gasteiger partial charge >= 0.3 is 0 Å². The summed E-state index contributed by atoms with van der Waals surface area (Å²) in [4.78, 5) is 2.48. The second-order valence-corrected chi connectivity index (χ2v) is 8.37. The summed E-state index contributed by atoms with van der Waals surface area (Å²) in [5, 5.41) is 13.2. The lowest BCUT2D eigenvalue weighted by molar-refractivity contribution is 0.225. The fourth-order valence-corrected chi connectivity index (χ4v) is 3.87. The van der Waals surface area contributed by atoms with Gasteiger partial charge in [0.1, 0.15) is 0 Å². The number of likely N-dealkylation sites (N-methyl/N-ethyl adjacent to an activating group) is 1. The number of nitrogen functional groups attached to an aromatic ring is 1. The maximum absolute atomic E-state index is 6.20. The summed E-state index contributed by atoms with van der Waals surface area (Å²) in [5.74, 6) is 0.738. The highest BCUT2D eigenvalue weighted by molar-refractivity contribution is 5.79. The first kappa shape index (κ1) is 27.8. The number of benzene rings is 1. The Morgan fingerprint density at radius 2 is 1.84 bits per heavy atom. The highest BCUT2D eigenvalue weighted by Gasteiger charge is 2.15. The van der Waals surface area contributed by atoms with Gasteiger partial charge in [-0.1, -0.05) is 27.2 Å². The van der Waals surface area contributed by atoms with Crippen LogP contribution in [0.4, 0.5) is 11.4 Å². The number of nitrogens with zero attached hydrogens (tertiary/aromatic N) is 3. The van der Waals surface area contributed by atoms with Gasteiger partial charge in [-0.15, -0.1) is 5.10 Å². The molecule has 0 aliphatic carbocycles. The first-order chi connectivity index (χ1) is 15.4. The maximum atomic E-state index is 6.20. The van der Waals surface area contributed by atoms with E-state index in [0.717, 1.165) is 49.8 Å². The van der Waals surface area contributed by atoms with Crippen molar-refractivity contribution in [2.75, 3.05) is 50.9 Å².